The van der Waals surface area contributed by atoms with E-state index in [-0.39, 0.29) is 42.0 Å². The summed E-state index contributed by atoms with van der Waals surface area (Å²) in [6.07, 6.45) is 14.3. The number of piperidine rings is 1. The van der Waals surface area contributed by atoms with Crippen molar-refractivity contribution in [3.8, 4) is 0 Å². The third-order valence-electron chi connectivity index (χ3n) is 6.86. The molecule has 0 N–H and O–H groups in total. The summed E-state index contributed by atoms with van der Waals surface area (Å²) in [6.45, 7) is 11.4. The zero-order valence-electron chi connectivity index (χ0n) is 21.3. The van der Waals surface area contributed by atoms with Gasteiger partial charge in [0.1, 0.15) is 6.10 Å². The first kappa shape index (κ1) is 27.9. The first-order valence-electron chi connectivity index (χ1n) is 12.7. The lowest BCUT2D eigenvalue weighted by Crippen LogP contribution is -2.60. The van der Waals surface area contributed by atoms with E-state index >= 15 is 0 Å². The Morgan fingerprint density at radius 3 is 1.74 bits per heavy atom. The highest BCUT2D eigenvalue weighted by molar-refractivity contribution is 5.77. The Morgan fingerprint density at radius 2 is 1.23 bits per heavy atom. The van der Waals surface area contributed by atoms with Gasteiger partial charge in [0.2, 0.25) is 0 Å². The van der Waals surface area contributed by atoms with Crippen molar-refractivity contribution in [2.24, 2.45) is 0 Å². The molecule has 0 bridgehead atoms. The Kier molecular flexibility index (Phi) is 12.7. The first-order chi connectivity index (χ1) is 14.6. The average Bonchev–Trinajstić information content (AvgIpc) is 2.68. The lowest BCUT2D eigenvalue weighted by atomic mass is 9.79. The van der Waals surface area contributed by atoms with Crippen molar-refractivity contribution in [2.45, 2.75) is 142 Å². The van der Waals surface area contributed by atoms with Crippen LogP contribution >= 0.6 is 0 Å². The van der Waals surface area contributed by atoms with Crippen LogP contribution in [0.5, 0.6) is 0 Å². The maximum atomic E-state index is 12.2. The van der Waals surface area contributed by atoms with Gasteiger partial charge in [-0.1, -0.05) is 64.7 Å². The van der Waals surface area contributed by atoms with Gasteiger partial charge in [-0.25, -0.2) is 0 Å². The van der Waals surface area contributed by atoms with E-state index in [1.807, 2.05) is 0 Å². The fourth-order valence-electron chi connectivity index (χ4n) is 4.66. The maximum absolute atomic E-state index is 12.2. The van der Waals surface area contributed by atoms with Crippen LogP contribution in [0.15, 0.2) is 0 Å². The standard InChI is InChI=1S/C26H49NO4/c1-7-8-9-10-11-12-13-14-15-16-19-30-23(28)17-18-24(29)31-22-20-25(2,3)27(6)26(4,5)21-22/h22H,7-21H2,1-6H3. The van der Waals surface area contributed by atoms with Crippen LogP contribution < -0.4 is 0 Å². The highest BCUT2D eigenvalue weighted by atomic mass is 16.5. The number of likely N-dealkylation sites (tertiary alicyclic amines) is 1. The van der Waals surface area contributed by atoms with Crippen LogP contribution in [0, 0.1) is 0 Å². The molecular weight excluding hydrogens is 390 g/mol. The molecule has 1 heterocycles. The van der Waals surface area contributed by atoms with Crippen molar-refractivity contribution >= 4 is 11.9 Å². The van der Waals surface area contributed by atoms with Crippen molar-refractivity contribution < 1.29 is 19.1 Å². The van der Waals surface area contributed by atoms with E-state index in [9.17, 15) is 9.59 Å². The summed E-state index contributed by atoms with van der Waals surface area (Å²) < 4.78 is 11.0. The number of carbonyl (C=O) groups excluding carboxylic acids is 2. The van der Waals surface area contributed by atoms with Crippen LogP contribution in [-0.2, 0) is 19.1 Å². The van der Waals surface area contributed by atoms with Gasteiger partial charge in [-0.05, 0) is 41.2 Å². The molecule has 0 atom stereocenters. The van der Waals surface area contributed by atoms with Crippen LogP contribution in [0.1, 0.15) is 125 Å². The normalized spacial score (nSPS) is 18.6. The summed E-state index contributed by atoms with van der Waals surface area (Å²) in [5.41, 5.74) is -0.0542. The number of nitrogens with zero attached hydrogens (tertiary/aromatic N) is 1. The number of esters is 2. The van der Waals surface area contributed by atoms with E-state index in [1.54, 1.807) is 0 Å². The van der Waals surface area contributed by atoms with Crippen LogP contribution in [0.2, 0.25) is 0 Å². The van der Waals surface area contributed by atoms with Crippen molar-refractivity contribution in [1.29, 1.82) is 0 Å². The molecule has 0 radical (unpaired) electrons. The minimum absolute atomic E-state index is 0.0271. The second-order valence-corrected chi connectivity index (χ2v) is 10.6. The molecule has 0 saturated carbocycles. The zero-order valence-corrected chi connectivity index (χ0v) is 21.3. The summed E-state index contributed by atoms with van der Waals surface area (Å²) in [4.78, 5) is 26.5. The third kappa shape index (κ3) is 11.4. The largest absolute Gasteiger partial charge is 0.466 e. The molecule has 0 amide bonds. The number of rotatable bonds is 15. The number of hydrogen-bond donors (Lipinski definition) is 0. The van der Waals surface area contributed by atoms with Gasteiger partial charge in [-0.15, -0.1) is 0 Å². The van der Waals surface area contributed by atoms with E-state index in [2.05, 4.69) is 46.6 Å². The van der Waals surface area contributed by atoms with E-state index in [1.165, 1.54) is 51.4 Å². The summed E-state index contributed by atoms with van der Waals surface area (Å²) in [5, 5.41) is 0. The minimum Gasteiger partial charge on any atom is -0.466 e. The van der Waals surface area contributed by atoms with Gasteiger partial charge >= 0.3 is 11.9 Å². The Morgan fingerprint density at radius 1 is 0.774 bits per heavy atom. The Hall–Kier alpha value is -1.10. The van der Waals surface area contributed by atoms with Gasteiger partial charge in [-0.2, -0.15) is 0 Å². The Labute approximate surface area is 191 Å². The minimum atomic E-state index is -0.295. The van der Waals surface area contributed by atoms with Gasteiger partial charge in [0.25, 0.3) is 0 Å². The monoisotopic (exact) mass is 439 g/mol. The second kappa shape index (κ2) is 14.1. The van der Waals surface area contributed by atoms with Gasteiger partial charge in [0, 0.05) is 23.9 Å². The summed E-state index contributed by atoms with van der Waals surface area (Å²) in [7, 11) is 2.13. The molecule has 0 aliphatic carbocycles. The predicted octanol–water partition coefficient (Wildman–Crippen LogP) is 6.43. The molecule has 1 aliphatic heterocycles. The molecule has 1 fully saturated rings. The van der Waals surface area contributed by atoms with Gasteiger partial charge < -0.3 is 9.47 Å². The van der Waals surface area contributed by atoms with Crippen molar-refractivity contribution in [1.82, 2.24) is 4.90 Å². The van der Waals surface area contributed by atoms with E-state index in [0.717, 1.165) is 25.7 Å². The average molecular weight is 440 g/mol. The summed E-state index contributed by atoms with van der Waals surface area (Å²) >= 11 is 0. The quantitative estimate of drug-likeness (QED) is 0.217. The molecule has 1 rings (SSSR count). The second-order valence-electron chi connectivity index (χ2n) is 10.6. The first-order valence-corrected chi connectivity index (χ1v) is 12.7. The Bertz CT molecular complexity index is 512. The third-order valence-corrected chi connectivity index (χ3v) is 6.86. The van der Waals surface area contributed by atoms with Crippen LogP contribution in [0.25, 0.3) is 0 Å². The zero-order chi connectivity index (χ0) is 23.3. The molecule has 0 aromatic carbocycles. The van der Waals surface area contributed by atoms with Crippen LogP contribution in [-0.4, -0.2) is 47.7 Å². The predicted molar refractivity (Wildman–Crippen MR) is 127 cm³/mol. The van der Waals surface area contributed by atoms with Crippen molar-refractivity contribution in [3.63, 3.8) is 0 Å². The van der Waals surface area contributed by atoms with E-state index < -0.39 is 0 Å². The summed E-state index contributed by atoms with van der Waals surface area (Å²) in [5.74, 6) is -0.589. The highest BCUT2D eigenvalue weighted by Gasteiger charge is 2.44. The fourth-order valence-corrected chi connectivity index (χ4v) is 4.66. The van der Waals surface area contributed by atoms with E-state index in [0.29, 0.717) is 6.61 Å². The molecule has 0 unspecified atom stereocenters. The maximum Gasteiger partial charge on any atom is 0.306 e. The molecular formula is C26H49NO4. The molecule has 5 heteroatoms. The smallest absolute Gasteiger partial charge is 0.306 e. The lowest BCUT2D eigenvalue weighted by molar-refractivity contribution is -0.161. The van der Waals surface area contributed by atoms with Crippen molar-refractivity contribution in [2.75, 3.05) is 13.7 Å². The number of ether oxygens (including phenoxy) is 2. The number of hydrogen-bond acceptors (Lipinski definition) is 5. The lowest BCUT2D eigenvalue weighted by Gasteiger charge is -2.53. The molecule has 0 aromatic rings. The number of unbranched alkanes of at least 4 members (excludes halogenated alkanes) is 9. The molecule has 182 valence electrons. The van der Waals surface area contributed by atoms with Crippen molar-refractivity contribution in [3.05, 3.63) is 0 Å². The van der Waals surface area contributed by atoms with Crippen LogP contribution in [0.3, 0.4) is 0 Å². The van der Waals surface area contributed by atoms with Gasteiger partial charge in [0.05, 0.1) is 19.4 Å². The highest BCUT2D eigenvalue weighted by Crippen LogP contribution is 2.38. The summed E-state index contributed by atoms with van der Waals surface area (Å²) in [6, 6.07) is 0. The Balaban J connectivity index is 2.08. The SMILES string of the molecule is CCCCCCCCCCCCOC(=O)CCC(=O)OC1CC(C)(C)N(C)C(C)(C)C1. The molecule has 1 saturated heterocycles. The van der Waals surface area contributed by atoms with Gasteiger partial charge in [-0.3, -0.25) is 14.5 Å². The fraction of sp³-hybridized carbons (Fsp3) is 0.923. The van der Waals surface area contributed by atoms with E-state index in [4.69, 9.17) is 9.47 Å². The molecule has 5 nitrogen and oxygen atoms in total. The topological polar surface area (TPSA) is 55.8 Å². The van der Waals surface area contributed by atoms with Crippen LogP contribution in [0.4, 0.5) is 0 Å². The molecule has 31 heavy (non-hydrogen) atoms. The molecule has 0 aromatic heterocycles. The molecule has 0 spiro atoms. The van der Waals surface area contributed by atoms with Gasteiger partial charge in [0.15, 0.2) is 0 Å². The number of carbonyl (C=O) groups is 2. The molecule has 1 aliphatic rings.